The molecule has 0 heterocycles. The van der Waals surface area contributed by atoms with Gasteiger partial charge in [0, 0.05) is 6.04 Å². The topological polar surface area (TPSA) is 21.3 Å². The van der Waals surface area contributed by atoms with Crippen LogP contribution in [0.15, 0.2) is 35.3 Å². The first kappa shape index (κ1) is 16.3. The molecule has 0 saturated heterocycles. The highest BCUT2D eigenvalue weighted by Gasteiger charge is 2.10. The summed E-state index contributed by atoms with van der Waals surface area (Å²) < 4.78 is 6.28. The van der Waals surface area contributed by atoms with E-state index in [0.29, 0.717) is 6.04 Å². The fraction of sp³-hybridized carbons (Fsp3) is 0.500. The van der Waals surface area contributed by atoms with E-state index in [0.717, 1.165) is 23.1 Å². The average molecular weight is 326 g/mol. The van der Waals surface area contributed by atoms with Crippen LogP contribution in [0.25, 0.3) is 0 Å². The standard InChI is InChI=1S/C16H24BrNO/c1-4-5-6-7-8-9-15(18-2)13-10-11-16(19-3)14(17)12-13/h4,10-12,15,18H,1,5-9H2,2-3H3. The van der Waals surface area contributed by atoms with E-state index in [9.17, 15) is 0 Å². The maximum absolute atomic E-state index is 5.26. The van der Waals surface area contributed by atoms with E-state index < -0.39 is 0 Å². The van der Waals surface area contributed by atoms with Crippen molar-refractivity contribution in [2.75, 3.05) is 14.2 Å². The van der Waals surface area contributed by atoms with E-state index in [1.807, 2.05) is 19.2 Å². The predicted molar refractivity (Wildman–Crippen MR) is 85.8 cm³/mol. The predicted octanol–water partition coefficient (Wildman–Crippen LogP) is 4.85. The van der Waals surface area contributed by atoms with Crippen LogP contribution in [0.2, 0.25) is 0 Å². The molecule has 106 valence electrons. The molecule has 0 aliphatic heterocycles. The van der Waals surface area contributed by atoms with Gasteiger partial charge >= 0.3 is 0 Å². The first-order valence-electron chi connectivity index (χ1n) is 6.84. The van der Waals surface area contributed by atoms with Gasteiger partial charge in [-0.2, -0.15) is 0 Å². The molecular formula is C16H24BrNO. The van der Waals surface area contributed by atoms with Gasteiger partial charge in [0.1, 0.15) is 5.75 Å². The normalized spacial score (nSPS) is 12.2. The van der Waals surface area contributed by atoms with Gasteiger partial charge in [-0.3, -0.25) is 0 Å². The Bertz CT molecular complexity index is 392. The van der Waals surface area contributed by atoms with Crippen molar-refractivity contribution < 1.29 is 4.74 Å². The summed E-state index contributed by atoms with van der Waals surface area (Å²) in [5.41, 5.74) is 1.30. The summed E-state index contributed by atoms with van der Waals surface area (Å²) >= 11 is 3.54. The summed E-state index contributed by atoms with van der Waals surface area (Å²) in [5, 5.41) is 3.39. The summed E-state index contributed by atoms with van der Waals surface area (Å²) in [4.78, 5) is 0. The van der Waals surface area contributed by atoms with Crippen molar-refractivity contribution >= 4 is 15.9 Å². The zero-order valence-electron chi connectivity index (χ0n) is 11.9. The monoisotopic (exact) mass is 325 g/mol. The van der Waals surface area contributed by atoms with Gasteiger partial charge in [0.2, 0.25) is 0 Å². The molecular weight excluding hydrogens is 302 g/mol. The molecule has 0 bridgehead atoms. The van der Waals surface area contributed by atoms with Gasteiger partial charge in [-0.25, -0.2) is 0 Å². The van der Waals surface area contributed by atoms with Crippen molar-refractivity contribution in [1.82, 2.24) is 5.32 Å². The summed E-state index contributed by atoms with van der Waals surface area (Å²) in [6.45, 7) is 3.75. The van der Waals surface area contributed by atoms with Crippen LogP contribution in [-0.4, -0.2) is 14.2 Å². The number of benzene rings is 1. The van der Waals surface area contributed by atoms with E-state index >= 15 is 0 Å². The Morgan fingerprint density at radius 3 is 2.74 bits per heavy atom. The fourth-order valence-electron chi connectivity index (χ4n) is 2.19. The lowest BCUT2D eigenvalue weighted by Crippen LogP contribution is -2.16. The van der Waals surface area contributed by atoms with Crippen LogP contribution in [0, 0.1) is 0 Å². The molecule has 3 heteroatoms. The van der Waals surface area contributed by atoms with Gasteiger partial charge in [0.05, 0.1) is 11.6 Å². The third kappa shape index (κ3) is 5.37. The van der Waals surface area contributed by atoms with Crippen LogP contribution in [0.5, 0.6) is 5.75 Å². The summed E-state index contributed by atoms with van der Waals surface area (Å²) in [5.74, 6) is 0.879. The van der Waals surface area contributed by atoms with Gasteiger partial charge in [-0.05, 0) is 59.9 Å². The molecule has 19 heavy (non-hydrogen) atoms. The van der Waals surface area contributed by atoms with Crippen LogP contribution < -0.4 is 10.1 Å². The first-order valence-corrected chi connectivity index (χ1v) is 7.63. The number of methoxy groups -OCH3 is 1. The van der Waals surface area contributed by atoms with Crippen LogP contribution in [0.4, 0.5) is 0 Å². The second-order valence-corrected chi connectivity index (χ2v) is 5.52. The zero-order valence-corrected chi connectivity index (χ0v) is 13.5. The Morgan fingerprint density at radius 2 is 2.16 bits per heavy atom. The van der Waals surface area contributed by atoms with Crippen LogP contribution in [-0.2, 0) is 0 Å². The van der Waals surface area contributed by atoms with Gasteiger partial charge in [-0.1, -0.05) is 25.0 Å². The van der Waals surface area contributed by atoms with Crippen LogP contribution in [0.1, 0.15) is 43.7 Å². The van der Waals surface area contributed by atoms with E-state index in [4.69, 9.17) is 4.74 Å². The highest BCUT2D eigenvalue weighted by atomic mass is 79.9. The first-order chi connectivity index (χ1) is 9.22. The highest BCUT2D eigenvalue weighted by Crippen LogP contribution is 2.29. The molecule has 1 atom stereocenters. The average Bonchev–Trinajstić information content (AvgIpc) is 2.43. The second kappa shape index (κ2) is 9.16. The Kier molecular flexibility index (Phi) is 7.84. The molecule has 1 aromatic rings. The van der Waals surface area contributed by atoms with Gasteiger partial charge in [0.15, 0.2) is 0 Å². The van der Waals surface area contributed by atoms with E-state index in [-0.39, 0.29) is 0 Å². The summed E-state index contributed by atoms with van der Waals surface area (Å²) in [7, 11) is 3.71. The van der Waals surface area contributed by atoms with Crippen LogP contribution >= 0.6 is 15.9 Å². The number of allylic oxidation sites excluding steroid dienone is 1. The SMILES string of the molecule is C=CCCCCCC(NC)c1ccc(OC)c(Br)c1. The Labute approximate surface area is 125 Å². The maximum atomic E-state index is 5.26. The lowest BCUT2D eigenvalue weighted by atomic mass is 10.00. The molecule has 1 N–H and O–H groups in total. The molecule has 1 unspecified atom stereocenters. The number of hydrogen-bond donors (Lipinski definition) is 1. The van der Waals surface area contributed by atoms with Crippen LogP contribution in [0.3, 0.4) is 0 Å². The number of rotatable bonds is 9. The minimum Gasteiger partial charge on any atom is -0.496 e. The highest BCUT2D eigenvalue weighted by molar-refractivity contribution is 9.10. The molecule has 1 rings (SSSR count). The van der Waals surface area contributed by atoms with Gasteiger partial charge < -0.3 is 10.1 Å². The zero-order chi connectivity index (χ0) is 14.1. The molecule has 0 fully saturated rings. The summed E-state index contributed by atoms with van der Waals surface area (Å²) in [6.07, 6.45) is 8.03. The number of halogens is 1. The molecule has 0 aliphatic rings. The molecule has 0 aromatic heterocycles. The minimum atomic E-state index is 0.408. The van der Waals surface area contributed by atoms with E-state index in [1.165, 1.54) is 24.8 Å². The third-order valence-electron chi connectivity index (χ3n) is 3.33. The smallest absolute Gasteiger partial charge is 0.133 e. The fourth-order valence-corrected chi connectivity index (χ4v) is 2.75. The largest absolute Gasteiger partial charge is 0.496 e. The Morgan fingerprint density at radius 1 is 1.37 bits per heavy atom. The molecule has 0 radical (unpaired) electrons. The quantitative estimate of drug-likeness (QED) is 0.517. The van der Waals surface area contributed by atoms with Crippen molar-refractivity contribution in [2.45, 2.75) is 38.1 Å². The Hall–Kier alpha value is -0.800. The second-order valence-electron chi connectivity index (χ2n) is 4.66. The molecule has 2 nitrogen and oxygen atoms in total. The van der Waals surface area contributed by atoms with Crippen molar-refractivity contribution in [3.05, 3.63) is 40.9 Å². The van der Waals surface area contributed by atoms with E-state index in [2.05, 4.69) is 40.0 Å². The van der Waals surface area contributed by atoms with E-state index in [1.54, 1.807) is 7.11 Å². The third-order valence-corrected chi connectivity index (χ3v) is 3.95. The lowest BCUT2D eigenvalue weighted by Gasteiger charge is -2.17. The number of unbranched alkanes of at least 4 members (excludes halogenated alkanes) is 3. The van der Waals surface area contributed by atoms with Crippen molar-refractivity contribution in [1.29, 1.82) is 0 Å². The minimum absolute atomic E-state index is 0.408. The number of hydrogen-bond acceptors (Lipinski definition) is 2. The number of ether oxygens (including phenoxy) is 1. The number of nitrogens with one attached hydrogen (secondary N) is 1. The van der Waals surface area contributed by atoms with Crippen molar-refractivity contribution in [2.24, 2.45) is 0 Å². The lowest BCUT2D eigenvalue weighted by molar-refractivity contribution is 0.411. The molecule has 0 amide bonds. The summed E-state index contributed by atoms with van der Waals surface area (Å²) in [6, 6.07) is 6.70. The molecule has 0 saturated carbocycles. The van der Waals surface area contributed by atoms with Gasteiger partial charge in [-0.15, -0.1) is 6.58 Å². The molecule has 1 aromatic carbocycles. The van der Waals surface area contributed by atoms with Crippen molar-refractivity contribution in [3.8, 4) is 5.75 Å². The maximum Gasteiger partial charge on any atom is 0.133 e. The molecule has 0 aliphatic carbocycles. The van der Waals surface area contributed by atoms with Gasteiger partial charge in [0.25, 0.3) is 0 Å². The molecule has 0 spiro atoms. The Balaban J connectivity index is 2.54. The van der Waals surface area contributed by atoms with Crippen molar-refractivity contribution in [3.63, 3.8) is 0 Å².